The standard InChI is InChI=1S/C13H19BrN2O2S/c1-9(8-17)16-13(18)15-7-10(2)19-12-5-3-11(14)4-6-12/h3-6,9-10,17H,7-8H2,1-2H3,(H2,15,16,18). The number of carbonyl (C=O) groups excluding carboxylic acids is 1. The third-order valence-electron chi connectivity index (χ3n) is 2.35. The van der Waals surface area contributed by atoms with Crippen molar-refractivity contribution in [3.8, 4) is 0 Å². The van der Waals surface area contributed by atoms with Crippen molar-refractivity contribution in [1.82, 2.24) is 10.6 Å². The second kappa shape index (κ2) is 8.45. The van der Waals surface area contributed by atoms with Gasteiger partial charge in [-0.2, -0.15) is 0 Å². The smallest absolute Gasteiger partial charge is 0.315 e. The Morgan fingerprint density at radius 1 is 1.37 bits per heavy atom. The first-order chi connectivity index (χ1) is 9.01. The van der Waals surface area contributed by atoms with E-state index in [4.69, 9.17) is 5.11 Å². The van der Waals surface area contributed by atoms with E-state index >= 15 is 0 Å². The van der Waals surface area contributed by atoms with Crippen molar-refractivity contribution in [2.24, 2.45) is 0 Å². The SMILES string of the molecule is CC(CO)NC(=O)NCC(C)Sc1ccc(Br)cc1. The van der Waals surface area contributed by atoms with Crippen molar-refractivity contribution in [3.05, 3.63) is 28.7 Å². The number of hydrogen-bond donors (Lipinski definition) is 3. The van der Waals surface area contributed by atoms with Crippen LogP contribution in [0.5, 0.6) is 0 Å². The Hall–Kier alpha value is -0.720. The second-order valence-corrected chi connectivity index (χ2v) is 6.75. The topological polar surface area (TPSA) is 61.4 Å². The van der Waals surface area contributed by atoms with Crippen molar-refractivity contribution >= 4 is 33.7 Å². The van der Waals surface area contributed by atoms with Crippen LogP contribution in [-0.4, -0.2) is 35.6 Å². The number of aliphatic hydroxyl groups excluding tert-OH is 1. The molecule has 0 spiro atoms. The first kappa shape index (κ1) is 16.3. The van der Waals surface area contributed by atoms with E-state index in [9.17, 15) is 4.79 Å². The lowest BCUT2D eigenvalue weighted by Gasteiger charge is -2.15. The van der Waals surface area contributed by atoms with Gasteiger partial charge < -0.3 is 15.7 Å². The number of thioether (sulfide) groups is 1. The van der Waals surface area contributed by atoms with Gasteiger partial charge in [-0.15, -0.1) is 11.8 Å². The molecule has 1 rings (SSSR count). The second-order valence-electron chi connectivity index (χ2n) is 4.32. The molecule has 1 aromatic rings. The summed E-state index contributed by atoms with van der Waals surface area (Å²) in [7, 11) is 0. The first-order valence-corrected chi connectivity index (χ1v) is 7.76. The lowest BCUT2D eigenvalue weighted by molar-refractivity contribution is 0.220. The Morgan fingerprint density at radius 2 is 2.00 bits per heavy atom. The molecule has 19 heavy (non-hydrogen) atoms. The average Bonchev–Trinajstić information content (AvgIpc) is 2.39. The van der Waals surface area contributed by atoms with Crippen LogP contribution >= 0.6 is 27.7 Å². The molecule has 1 aromatic carbocycles. The summed E-state index contributed by atoms with van der Waals surface area (Å²) < 4.78 is 1.06. The molecule has 0 fully saturated rings. The molecule has 106 valence electrons. The highest BCUT2D eigenvalue weighted by Gasteiger charge is 2.08. The van der Waals surface area contributed by atoms with Crippen LogP contribution < -0.4 is 10.6 Å². The lowest BCUT2D eigenvalue weighted by atomic mass is 10.4. The number of rotatable bonds is 6. The number of benzene rings is 1. The van der Waals surface area contributed by atoms with Gasteiger partial charge in [0, 0.05) is 21.2 Å². The highest BCUT2D eigenvalue weighted by molar-refractivity contribution is 9.10. The molecule has 0 aliphatic heterocycles. The molecule has 0 aromatic heterocycles. The van der Waals surface area contributed by atoms with Gasteiger partial charge in [-0.1, -0.05) is 22.9 Å². The van der Waals surface area contributed by atoms with Gasteiger partial charge in [0.05, 0.1) is 12.6 Å². The molecule has 2 atom stereocenters. The summed E-state index contributed by atoms with van der Waals surface area (Å²) in [6, 6.07) is 7.60. The van der Waals surface area contributed by atoms with Crippen LogP contribution in [0.15, 0.2) is 33.6 Å². The van der Waals surface area contributed by atoms with E-state index < -0.39 is 0 Å². The molecule has 0 bridgehead atoms. The molecule has 2 amide bonds. The third-order valence-corrected chi connectivity index (χ3v) is 3.99. The van der Waals surface area contributed by atoms with Gasteiger partial charge in [-0.05, 0) is 31.2 Å². The van der Waals surface area contributed by atoms with E-state index in [0.29, 0.717) is 6.54 Å². The fourth-order valence-corrected chi connectivity index (χ4v) is 2.53. The molecule has 0 saturated heterocycles. The Balaban J connectivity index is 2.29. The van der Waals surface area contributed by atoms with Crippen LogP contribution in [0.25, 0.3) is 0 Å². The number of hydrogen-bond acceptors (Lipinski definition) is 3. The molecule has 6 heteroatoms. The largest absolute Gasteiger partial charge is 0.394 e. The molecule has 2 unspecified atom stereocenters. The van der Waals surface area contributed by atoms with Crippen LogP contribution in [0.4, 0.5) is 4.79 Å². The summed E-state index contributed by atoms with van der Waals surface area (Å²) in [4.78, 5) is 12.6. The van der Waals surface area contributed by atoms with E-state index in [1.165, 1.54) is 4.90 Å². The van der Waals surface area contributed by atoms with E-state index in [1.54, 1.807) is 18.7 Å². The van der Waals surface area contributed by atoms with Gasteiger partial charge >= 0.3 is 6.03 Å². The van der Waals surface area contributed by atoms with E-state index in [2.05, 4.69) is 33.5 Å². The van der Waals surface area contributed by atoms with Crippen LogP contribution in [0.2, 0.25) is 0 Å². The molecule has 0 radical (unpaired) electrons. The van der Waals surface area contributed by atoms with Gasteiger partial charge in [0.2, 0.25) is 0 Å². The van der Waals surface area contributed by atoms with Crippen LogP contribution in [0.1, 0.15) is 13.8 Å². The lowest BCUT2D eigenvalue weighted by Crippen LogP contribution is -2.43. The third kappa shape index (κ3) is 6.84. The molecular formula is C13H19BrN2O2S. The highest BCUT2D eigenvalue weighted by Crippen LogP contribution is 2.24. The molecule has 4 nitrogen and oxygen atoms in total. The minimum Gasteiger partial charge on any atom is -0.394 e. The number of amides is 2. The molecule has 0 heterocycles. The molecule has 0 aliphatic carbocycles. The molecule has 0 aliphatic rings. The Morgan fingerprint density at radius 3 is 2.58 bits per heavy atom. The van der Waals surface area contributed by atoms with Crippen molar-refractivity contribution < 1.29 is 9.90 Å². The quantitative estimate of drug-likeness (QED) is 0.694. The summed E-state index contributed by atoms with van der Waals surface area (Å²) in [5.74, 6) is 0. The maximum Gasteiger partial charge on any atom is 0.315 e. The van der Waals surface area contributed by atoms with Gasteiger partial charge in [0.25, 0.3) is 0 Å². The fourth-order valence-electron chi connectivity index (χ4n) is 1.34. The Labute approximate surface area is 126 Å². The van der Waals surface area contributed by atoms with Gasteiger partial charge in [0.15, 0.2) is 0 Å². The van der Waals surface area contributed by atoms with E-state index in [0.717, 1.165) is 4.47 Å². The van der Waals surface area contributed by atoms with Crippen molar-refractivity contribution in [3.63, 3.8) is 0 Å². The number of carbonyl (C=O) groups is 1. The summed E-state index contributed by atoms with van der Waals surface area (Å²) in [6.07, 6.45) is 0. The van der Waals surface area contributed by atoms with E-state index in [-0.39, 0.29) is 23.9 Å². The van der Waals surface area contributed by atoms with Crippen LogP contribution in [0, 0.1) is 0 Å². The summed E-state index contributed by atoms with van der Waals surface area (Å²) >= 11 is 5.10. The predicted octanol–water partition coefficient (Wildman–Crippen LogP) is 2.61. The molecular weight excluding hydrogens is 328 g/mol. The monoisotopic (exact) mass is 346 g/mol. The summed E-state index contributed by atoms with van der Waals surface area (Å²) in [5.41, 5.74) is 0. The van der Waals surface area contributed by atoms with E-state index in [1.807, 2.05) is 24.3 Å². The van der Waals surface area contributed by atoms with Crippen molar-refractivity contribution in [2.75, 3.05) is 13.2 Å². The summed E-state index contributed by atoms with van der Waals surface area (Å²) in [5, 5.41) is 14.5. The number of aliphatic hydroxyl groups is 1. The number of nitrogens with one attached hydrogen (secondary N) is 2. The van der Waals surface area contributed by atoms with Crippen molar-refractivity contribution in [2.45, 2.75) is 30.0 Å². The van der Waals surface area contributed by atoms with Crippen molar-refractivity contribution in [1.29, 1.82) is 0 Å². The zero-order valence-corrected chi connectivity index (χ0v) is 13.4. The first-order valence-electron chi connectivity index (χ1n) is 6.08. The minimum atomic E-state index is -0.246. The fraction of sp³-hybridized carbons (Fsp3) is 0.462. The van der Waals surface area contributed by atoms with Gasteiger partial charge in [0.1, 0.15) is 0 Å². The number of urea groups is 1. The predicted molar refractivity (Wildman–Crippen MR) is 82.5 cm³/mol. The normalized spacial score (nSPS) is 13.7. The minimum absolute atomic E-state index is 0.0589. The van der Waals surface area contributed by atoms with Crippen LogP contribution in [0.3, 0.4) is 0 Å². The maximum atomic E-state index is 11.5. The average molecular weight is 347 g/mol. The Kier molecular flexibility index (Phi) is 7.27. The number of halogens is 1. The van der Waals surface area contributed by atoms with Gasteiger partial charge in [-0.25, -0.2) is 4.79 Å². The zero-order valence-electron chi connectivity index (χ0n) is 11.0. The summed E-state index contributed by atoms with van der Waals surface area (Å²) in [6.45, 7) is 4.32. The molecule has 3 N–H and O–H groups in total. The zero-order chi connectivity index (χ0) is 14.3. The maximum absolute atomic E-state index is 11.5. The Bertz CT molecular complexity index is 400. The van der Waals surface area contributed by atoms with Crippen LogP contribution in [-0.2, 0) is 0 Å². The molecule has 0 saturated carbocycles. The highest BCUT2D eigenvalue weighted by atomic mass is 79.9. The van der Waals surface area contributed by atoms with Gasteiger partial charge in [-0.3, -0.25) is 0 Å².